The summed E-state index contributed by atoms with van der Waals surface area (Å²) in [5.41, 5.74) is 5.53. The number of rotatable bonds is 6. The van der Waals surface area contributed by atoms with E-state index < -0.39 is 29.1 Å². The maximum Gasteiger partial charge on any atom is 0.416 e. The number of halogens is 3. The topological polar surface area (TPSA) is 130 Å². The van der Waals surface area contributed by atoms with E-state index in [0.717, 1.165) is 41.6 Å². The van der Waals surface area contributed by atoms with Crippen LogP contribution in [-0.2, 0) is 11.0 Å². The molecule has 0 radical (unpaired) electrons. The first-order chi connectivity index (χ1) is 15.5. The molecule has 0 aliphatic heterocycles. The smallest absolute Gasteiger partial charge is 0.382 e. The van der Waals surface area contributed by atoms with Crippen molar-refractivity contribution in [3.63, 3.8) is 0 Å². The third-order valence-corrected chi connectivity index (χ3v) is 5.19. The zero-order valence-electron chi connectivity index (χ0n) is 17.1. The van der Waals surface area contributed by atoms with E-state index in [-0.39, 0.29) is 28.1 Å². The molecule has 12 heteroatoms. The number of thioether (sulfide) groups is 1. The number of nitrogens with two attached hydrogens (primary N) is 1. The van der Waals surface area contributed by atoms with Crippen molar-refractivity contribution in [3.05, 3.63) is 75.6 Å². The first kappa shape index (κ1) is 23.9. The van der Waals surface area contributed by atoms with Gasteiger partial charge in [0.1, 0.15) is 5.69 Å². The number of hydrogen-bond donors (Lipinski definition) is 4. The molecule has 5 N–H and O–H groups in total. The number of nitrogens with one attached hydrogen (secondary N) is 3. The minimum Gasteiger partial charge on any atom is -0.382 e. The Morgan fingerprint density at radius 2 is 1.70 bits per heavy atom. The van der Waals surface area contributed by atoms with Crippen molar-refractivity contribution < 1.29 is 22.8 Å². The van der Waals surface area contributed by atoms with Crippen LogP contribution >= 0.6 is 11.8 Å². The second kappa shape index (κ2) is 9.77. The van der Waals surface area contributed by atoms with Gasteiger partial charge in [-0.25, -0.2) is 4.98 Å². The normalized spacial score (nSPS) is 11.2. The van der Waals surface area contributed by atoms with Crippen LogP contribution in [0.5, 0.6) is 0 Å². The summed E-state index contributed by atoms with van der Waals surface area (Å²) in [6.45, 7) is 1.87. The maximum absolute atomic E-state index is 12.6. The summed E-state index contributed by atoms with van der Waals surface area (Å²) in [7, 11) is 0. The number of benzene rings is 2. The second-order valence-electron chi connectivity index (χ2n) is 6.86. The molecule has 2 amide bonds. The molecule has 0 bridgehead atoms. The highest BCUT2D eigenvalue weighted by molar-refractivity contribution is 7.99. The first-order valence-electron chi connectivity index (χ1n) is 9.40. The van der Waals surface area contributed by atoms with Crippen molar-refractivity contribution >= 4 is 40.8 Å². The summed E-state index contributed by atoms with van der Waals surface area (Å²) in [6.07, 6.45) is -4.47. The standard InChI is InChI=1S/C21H18F3N5O3S/c1-11-2-4-12(5-3-11)18(31)27-16-17(25)28-20(29-19(16)32)33-10-15(30)26-14-8-6-13(7-9-14)21(22,23)24/h2-9H,10H2,1H3,(H,26,30)(H,27,31)(H3,25,28,29,32). The van der Waals surface area contributed by atoms with Gasteiger partial charge in [0.05, 0.1) is 11.3 Å². The number of anilines is 3. The van der Waals surface area contributed by atoms with Gasteiger partial charge >= 0.3 is 6.18 Å². The molecule has 0 unspecified atom stereocenters. The number of carbonyl (C=O) groups is 2. The van der Waals surface area contributed by atoms with Crippen LogP contribution in [0.1, 0.15) is 21.5 Å². The Morgan fingerprint density at radius 3 is 2.27 bits per heavy atom. The van der Waals surface area contributed by atoms with Crippen LogP contribution in [-0.4, -0.2) is 27.5 Å². The van der Waals surface area contributed by atoms with Gasteiger partial charge in [-0.2, -0.15) is 13.2 Å². The lowest BCUT2D eigenvalue weighted by atomic mass is 10.1. The van der Waals surface area contributed by atoms with Crippen LogP contribution in [0.15, 0.2) is 58.5 Å². The fourth-order valence-corrected chi connectivity index (χ4v) is 3.29. The van der Waals surface area contributed by atoms with Crippen molar-refractivity contribution in [2.24, 2.45) is 0 Å². The molecule has 0 atom stereocenters. The molecule has 0 saturated heterocycles. The monoisotopic (exact) mass is 477 g/mol. The number of aromatic amines is 1. The van der Waals surface area contributed by atoms with Gasteiger partial charge in [0, 0.05) is 11.3 Å². The predicted molar refractivity (Wildman–Crippen MR) is 119 cm³/mol. The number of nitrogens with zero attached hydrogens (tertiary/aromatic N) is 1. The molecule has 3 rings (SSSR count). The molecule has 2 aromatic carbocycles. The second-order valence-corrected chi connectivity index (χ2v) is 7.83. The summed E-state index contributed by atoms with van der Waals surface area (Å²) in [6, 6.07) is 10.7. The van der Waals surface area contributed by atoms with Gasteiger partial charge in [0.25, 0.3) is 11.5 Å². The third-order valence-electron chi connectivity index (χ3n) is 4.31. The highest BCUT2D eigenvalue weighted by Crippen LogP contribution is 2.29. The average molecular weight is 477 g/mol. The minimum atomic E-state index is -4.47. The van der Waals surface area contributed by atoms with Crippen LogP contribution in [0.25, 0.3) is 0 Å². The number of aromatic nitrogens is 2. The van der Waals surface area contributed by atoms with E-state index in [2.05, 4.69) is 20.6 Å². The van der Waals surface area contributed by atoms with Gasteiger partial charge in [0.2, 0.25) is 5.91 Å². The van der Waals surface area contributed by atoms with Crippen LogP contribution in [0.2, 0.25) is 0 Å². The van der Waals surface area contributed by atoms with Crippen LogP contribution in [0, 0.1) is 6.92 Å². The minimum absolute atomic E-state index is 0.0356. The number of alkyl halides is 3. The zero-order valence-corrected chi connectivity index (χ0v) is 17.9. The predicted octanol–water partition coefficient (Wildman–Crippen LogP) is 3.66. The van der Waals surface area contributed by atoms with E-state index in [9.17, 15) is 27.6 Å². The van der Waals surface area contributed by atoms with Gasteiger partial charge in [-0.05, 0) is 43.3 Å². The molecule has 0 spiro atoms. The first-order valence-corrected chi connectivity index (χ1v) is 10.4. The molecule has 0 saturated carbocycles. The molecule has 0 aliphatic carbocycles. The fraction of sp³-hybridized carbons (Fsp3) is 0.143. The summed E-state index contributed by atoms with van der Waals surface area (Å²) in [5, 5.41) is 4.90. The number of hydrogen-bond acceptors (Lipinski definition) is 6. The summed E-state index contributed by atoms with van der Waals surface area (Å²) in [4.78, 5) is 43.1. The van der Waals surface area contributed by atoms with Crippen molar-refractivity contribution in [2.75, 3.05) is 22.1 Å². The average Bonchev–Trinajstić information content (AvgIpc) is 2.75. The Kier molecular flexibility index (Phi) is 7.07. The van der Waals surface area contributed by atoms with Crippen molar-refractivity contribution in [1.29, 1.82) is 0 Å². The quantitative estimate of drug-likeness (QED) is 0.317. The van der Waals surface area contributed by atoms with Crippen LogP contribution < -0.4 is 21.9 Å². The highest BCUT2D eigenvalue weighted by atomic mass is 32.2. The van der Waals surface area contributed by atoms with E-state index >= 15 is 0 Å². The largest absolute Gasteiger partial charge is 0.416 e. The molecule has 33 heavy (non-hydrogen) atoms. The maximum atomic E-state index is 12.6. The van der Waals surface area contributed by atoms with Gasteiger partial charge in [-0.1, -0.05) is 29.5 Å². The summed E-state index contributed by atoms with van der Waals surface area (Å²) >= 11 is 0.858. The van der Waals surface area contributed by atoms with E-state index in [0.29, 0.717) is 5.56 Å². The summed E-state index contributed by atoms with van der Waals surface area (Å²) < 4.78 is 37.8. The lowest BCUT2D eigenvalue weighted by Crippen LogP contribution is -2.23. The van der Waals surface area contributed by atoms with E-state index in [1.54, 1.807) is 24.3 Å². The molecular formula is C21H18F3N5O3S. The molecule has 3 aromatic rings. The SMILES string of the molecule is Cc1ccc(C(=O)Nc2c(N)nc(SCC(=O)Nc3ccc(C(F)(F)F)cc3)[nH]c2=O)cc1. The third kappa shape index (κ3) is 6.35. The van der Waals surface area contributed by atoms with Crippen LogP contribution in [0.4, 0.5) is 30.4 Å². The fourth-order valence-electron chi connectivity index (χ4n) is 2.62. The van der Waals surface area contributed by atoms with E-state index in [1.165, 1.54) is 0 Å². The van der Waals surface area contributed by atoms with E-state index in [1.807, 2.05) is 6.92 Å². The van der Waals surface area contributed by atoms with Gasteiger partial charge < -0.3 is 16.4 Å². The highest BCUT2D eigenvalue weighted by Gasteiger charge is 2.30. The Hall–Kier alpha value is -3.80. The van der Waals surface area contributed by atoms with E-state index in [4.69, 9.17) is 5.73 Å². The van der Waals surface area contributed by atoms with Gasteiger partial charge in [-0.3, -0.25) is 19.4 Å². The summed E-state index contributed by atoms with van der Waals surface area (Å²) in [5.74, 6) is -1.49. The Labute approximate surface area is 189 Å². The number of H-pyrrole nitrogens is 1. The molecule has 0 aliphatic rings. The molecule has 1 aromatic heterocycles. The van der Waals surface area contributed by atoms with Crippen molar-refractivity contribution in [1.82, 2.24) is 9.97 Å². The van der Waals surface area contributed by atoms with Crippen LogP contribution in [0.3, 0.4) is 0 Å². The number of amides is 2. The number of aryl methyl sites for hydroxylation is 1. The van der Waals surface area contributed by atoms with Gasteiger partial charge in [0.15, 0.2) is 11.0 Å². The van der Waals surface area contributed by atoms with Crippen molar-refractivity contribution in [2.45, 2.75) is 18.3 Å². The lowest BCUT2D eigenvalue weighted by Gasteiger charge is -2.10. The molecular weight excluding hydrogens is 459 g/mol. The molecule has 0 fully saturated rings. The van der Waals surface area contributed by atoms with Gasteiger partial charge in [-0.15, -0.1) is 0 Å². The Bertz CT molecular complexity index is 1230. The zero-order chi connectivity index (χ0) is 24.2. The molecule has 172 valence electrons. The molecule has 1 heterocycles. The lowest BCUT2D eigenvalue weighted by molar-refractivity contribution is -0.137. The number of nitrogen functional groups attached to an aromatic ring is 1. The Morgan fingerprint density at radius 1 is 1.06 bits per heavy atom. The Balaban J connectivity index is 1.60. The number of carbonyl (C=O) groups excluding carboxylic acids is 2. The molecule has 8 nitrogen and oxygen atoms in total. The van der Waals surface area contributed by atoms with Crippen molar-refractivity contribution in [3.8, 4) is 0 Å².